The van der Waals surface area contributed by atoms with Crippen molar-refractivity contribution in [2.24, 2.45) is 5.73 Å². The lowest BCUT2D eigenvalue weighted by Crippen LogP contribution is -2.38. The SMILES string of the molecule is C=CCN(CC(N)CCC)C1CC1. The van der Waals surface area contributed by atoms with Crippen molar-refractivity contribution >= 4 is 0 Å². The molecule has 0 bridgehead atoms. The van der Waals surface area contributed by atoms with Crippen LogP contribution in [0.1, 0.15) is 32.6 Å². The van der Waals surface area contributed by atoms with Gasteiger partial charge in [-0.25, -0.2) is 0 Å². The van der Waals surface area contributed by atoms with E-state index in [0.29, 0.717) is 6.04 Å². The molecular weight excluding hydrogens is 160 g/mol. The van der Waals surface area contributed by atoms with Gasteiger partial charge in [0.1, 0.15) is 0 Å². The van der Waals surface area contributed by atoms with Crippen molar-refractivity contribution in [1.29, 1.82) is 0 Å². The summed E-state index contributed by atoms with van der Waals surface area (Å²) in [7, 11) is 0. The summed E-state index contributed by atoms with van der Waals surface area (Å²) in [5.41, 5.74) is 6.00. The highest BCUT2D eigenvalue weighted by Crippen LogP contribution is 2.26. The predicted molar refractivity (Wildman–Crippen MR) is 57.7 cm³/mol. The van der Waals surface area contributed by atoms with E-state index in [1.54, 1.807) is 0 Å². The molecule has 1 atom stereocenters. The molecule has 1 rings (SSSR count). The molecule has 1 fully saturated rings. The minimum absolute atomic E-state index is 0.352. The predicted octanol–water partition coefficient (Wildman–Crippen LogP) is 1.76. The minimum atomic E-state index is 0.352. The topological polar surface area (TPSA) is 29.3 Å². The van der Waals surface area contributed by atoms with E-state index < -0.39 is 0 Å². The van der Waals surface area contributed by atoms with Crippen molar-refractivity contribution in [3.63, 3.8) is 0 Å². The van der Waals surface area contributed by atoms with Gasteiger partial charge in [-0.1, -0.05) is 19.4 Å². The van der Waals surface area contributed by atoms with Crippen LogP contribution in [0.4, 0.5) is 0 Å². The third-order valence-corrected chi connectivity index (χ3v) is 2.56. The molecule has 2 N–H and O–H groups in total. The van der Waals surface area contributed by atoms with Crippen molar-refractivity contribution in [2.75, 3.05) is 13.1 Å². The van der Waals surface area contributed by atoms with Crippen molar-refractivity contribution in [2.45, 2.75) is 44.7 Å². The number of hydrogen-bond acceptors (Lipinski definition) is 2. The van der Waals surface area contributed by atoms with Gasteiger partial charge in [0.05, 0.1) is 0 Å². The van der Waals surface area contributed by atoms with E-state index in [2.05, 4.69) is 18.4 Å². The van der Waals surface area contributed by atoms with E-state index in [4.69, 9.17) is 5.73 Å². The van der Waals surface area contributed by atoms with Gasteiger partial charge in [0.25, 0.3) is 0 Å². The third kappa shape index (κ3) is 3.92. The molecule has 2 heteroatoms. The van der Waals surface area contributed by atoms with Crippen molar-refractivity contribution in [3.05, 3.63) is 12.7 Å². The second kappa shape index (κ2) is 5.40. The Morgan fingerprint density at radius 1 is 1.62 bits per heavy atom. The fourth-order valence-electron chi connectivity index (χ4n) is 1.74. The van der Waals surface area contributed by atoms with Crippen LogP contribution in [0.5, 0.6) is 0 Å². The Balaban J connectivity index is 2.23. The van der Waals surface area contributed by atoms with Crippen molar-refractivity contribution in [1.82, 2.24) is 4.90 Å². The first-order chi connectivity index (χ1) is 6.27. The van der Waals surface area contributed by atoms with Crippen LogP contribution in [-0.4, -0.2) is 30.1 Å². The zero-order valence-electron chi connectivity index (χ0n) is 8.71. The summed E-state index contributed by atoms with van der Waals surface area (Å²) in [6, 6.07) is 1.16. The molecule has 0 heterocycles. The highest BCUT2D eigenvalue weighted by atomic mass is 15.2. The highest BCUT2D eigenvalue weighted by molar-refractivity contribution is 4.89. The number of rotatable bonds is 7. The Bertz CT molecular complexity index is 152. The summed E-state index contributed by atoms with van der Waals surface area (Å²) in [5.74, 6) is 0. The van der Waals surface area contributed by atoms with Crippen molar-refractivity contribution in [3.8, 4) is 0 Å². The first-order valence-corrected chi connectivity index (χ1v) is 5.38. The molecule has 1 aliphatic rings. The van der Waals surface area contributed by atoms with Crippen LogP contribution in [0.15, 0.2) is 12.7 Å². The van der Waals surface area contributed by atoms with E-state index in [9.17, 15) is 0 Å². The highest BCUT2D eigenvalue weighted by Gasteiger charge is 2.28. The largest absolute Gasteiger partial charge is 0.327 e. The van der Waals surface area contributed by atoms with Crippen LogP contribution in [-0.2, 0) is 0 Å². The van der Waals surface area contributed by atoms with Crippen molar-refractivity contribution < 1.29 is 0 Å². The third-order valence-electron chi connectivity index (χ3n) is 2.56. The molecule has 0 aromatic carbocycles. The van der Waals surface area contributed by atoms with Gasteiger partial charge in [-0.05, 0) is 19.3 Å². The number of nitrogens with two attached hydrogens (primary N) is 1. The fraction of sp³-hybridized carbons (Fsp3) is 0.818. The van der Waals surface area contributed by atoms with E-state index in [1.807, 2.05) is 6.08 Å². The number of nitrogens with zero attached hydrogens (tertiary/aromatic N) is 1. The Labute approximate surface area is 81.8 Å². The summed E-state index contributed by atoms with van der Waals surface area (Å²) in [4.78, 5) is 2.47. The van der Waals surface area contributed by atoms with Gasteiger partial charge < -0.3 is 5.73 Å². The molecule has 0 aromatic heterocycles. The monoisotopic (exact) mass is 182 g/mol. The van der Waals surface area contributed by atoms with Gasteiger partial charge in [-0.15, -0.1) is 6.58 Å². The smallest absolute Gasteiger partial charge is 0.0167 e. The average molecular weight is 182 g/mol. The van der Waals surface area contributed by atoms with E-state index in [0.717, 1.165) is 25.6 Å². The zero-order chi connectivity index (χ0) is 9.68. The van der Waals surface area contributed by atoms with E-state index >= 15 is 0 Å². The molecule has 0 amide bonds. The molecule has 0 aliphatic heterocycles. The molecule has 76 valence electrons. The van der Waals surface area contributed by atoms with Crippen LogP contribution in [0, 0.1) is 0 Å². The first kappa shape index (κ1) is 10.7. The lowest BCUT2D eigenvalue weighted by atomic mass is 10.1. The van der Waals surface area contributed by atoms with Gasteiger partial charge in [0.15, 0.2) is 0 Å². The van der Waals surface area contributed by atoms with Gasteiger partial charge in [-0.2, -0.15) is 0 Å². The summed E-state index contributed by atoms with van der Waals surface area (Å²) >= 11 is 0. The fourth-order valence-corrected chi connectivity index (χ4v) is 1.74. The normalized spacial score (nSPS) is 19.0. The quantitative estimate of drug-likeness (QED) is 0.608. The Kier molecular flexibility index (Phi) is 4.46. The molecule has 0 spiro atoms. The number of hydrogen-bond donors (Lipinski definition) is 1. The standard InChI is InChI=1S/C11H22N2/c1-3-5-10(12)9-13(8-4-2)11-6-7-11/h4,10-11H,2-3,5-9,12H2,1H3. The van der Waals surface area contributed by atoms with Gasteiger partial charge in [0.2, 0.25) is 0 Å². The summed E-state index contributed by atoms with van der Waals surface area (Å²) in [5, 5.41) is 0. The van der Waals surface area contributed by atoms with Gasteiger partial charge in [0, 0.05) is 25.2 Å². The van der Waals surface area contributed by atoms with Crippen LogP contribution in [0.25, 0.3) is 0 Å². The molecule has 0 aromatic rings. The van der Waals surface area contributed by atoms with Crippen LogP contribution in [0.3, 0.4) is 0 Å². The maximum absolute atomic E-state index is 6.00. The first-order valence-electron chi connectivity index (χ1n) is 5.38. The second-order valence-corrected chi connectivity index (χ2v) is 4.02. The van der Waals surface area contributed by atoms with Crippen LogP contribution >= 0.6 is 0 Å². The van der Waals surface area contributed by atoms with Gasteiger partial charge in [-0.3, -0.25) is 4.90 Å². The average Bonchev–Trinajstić information content (AvgIpc) is 2.86. The summed E-state index contributed by atoms with van der Waals surface area (Å²) < 4.78 is 0. The second-order valence-electron chi connectivity index (χ2n) is 4.02. The lowest BCUT2D eigenvalue weighted by molar-refractivity contribution is 0.267. The van der Waals surface area contributed by atoms with Gasteiger partial charge >= 0.3 is 0 Å². The Morgan fingerprint density at radius 2 is 2.31 bits per heavy atom. The molecule has 1 aliphatic carbocycles. The summed E-state index contributed by atoms with van der Waals surface area (Å²) in [6.45, 7) is 8.02. The molecule has 2 nitrogen and oxygen atoms in total. The zero-order valence-corrected chi connectivity index (χ0v) is 8.71. The molecule has 13 heavy (non-hydrogen) atoms. The Hall–Kier alpha value is -0.340. The minimum Gasteiger partial charge on any atom is -0.327 e. The molecule has 0 radical (unpaired) electrons. The molecule has 1 saturated carbocycles. The lowest BCUT2D eigenvalue weighted by Gasteiger charge is -2.23. The summed E-state index contributed by atoms with van der Waals surface area (Å²) in [6.07, 6.45) is 7.02. The molecular formula is C11H22N2. The van der Waals surface area contributed by atoms with E-state index in [1.165, 1.54) is 19.3 Å². The molecule has 1 unspecified atom stereocenters. The van der Waals surface area contributed by atoms with Crippen LogP contribution < -0.4 is 5.73 Å². The maximum Gasteiger partial charge on any atom is 0.0167 e. The maximum atomic E-state index is 6.00. The van der Waals surface area contributed by atoms with Crippen LogP contribution in [0.2, 0.25) is 0 Å². The Morgan fingerprint density at radius 3 is 2.77 bits per heavy atom. The molecule has 0 saturated heterocycles. The van der Waals surface area contributed by atoms with E-state index in [-0.39, 0.29) is 0 Å².